The van der Waals surface area contributed by atoms with Crippen molar-refractivity contribution in [3.63, 3.8) is 0 Å². The first-order valence-electron chi connectivity index (χ1n) is 48.4. The number of anilines is 9. The lowest BCUT2D eigenvalue weighted by Gasteiger charge is -2.27. The van der Waals surface area contributed by atoms with Gasteiger partial charge in [-0.3, -0.25) is 0 Å². The quantitative estimate of drug-likeness (QED) is 0.0399. The fourth-order valence-electron chi connectivity index (χ4n) is 17.7. The van der Waals surface area contributed by atoms with E-state index in [9.17, 15) is 0 Å². The molecule has 0 amide bonds. The highest BCUT2D eigenvalue weighted by molar-refractivity contribution is 5.87. The molecule has 18 rings (SSSR count). The highest BCUT2D eigenvalue weighted by atomic mass is 15.1. The summed E-state index contributed by atoms with van der Waals surface area (Å²) in [7, 11) is 18.8. The molecule has 0 radical (unpaired) electrons. The van der Waals surface area contributed by atoms with Crippen LogP contribution in [0.1, 0.15) is 54.2 Å². The third-order valence-corrected chi connectivity index (χ3v) is 26.2. The van der Waals surface area contributed by atoms with Crippen molar-refractivity contribution < 1.29 is 0 Å². The lowest BCUT2D eigenvalue weighted by Crippen LogP contribution is -2.22. The maximum absolute atomic E-state index is 2.49. The van der Waals surface area contributed by atoms with Crippen molar-refractivity contribution in [2.24, 2.45) is 0 Å². The van der Waals surface area contributed by atoms with E-state index in [1.54, 1.807) is 0 Å². The molecule has 690 valence electrons. The largest absolute Gasteiger partial charge is 0.378 e. The molecule has 138 heavy (non-hydrogen) atoms. The molecule has 18 aromatic carbocycles. The van der Waals surface area contributed by atoms with Crippen LogP contribution >= 0.6 is 0 Å². The summed E-state index contributed by atoms with van der Waals surface area (Å²) in [6, 6.07) is 166. The molecule has 9 heteroatoms. The molecule has 0 saturated carbocycles. The summed E-state index contributed by atoms with van der Waals surface area (Å²) in [4.78, 5) is 20.6. The van der Waals surface area contributed by atoms with E-state index >= 15 is 0 Å². The van der Waals surface area contributed by atoms with E-state index in [4.69, 9.17) is 0 Å². The van der Waals surface area contributed by atoms with Gasteiger partial charge in [-0.2, -0.15) is 0 Å². The fourth-order valence-corrected chi connectivity index (χ4v) is 17.7. The number of hydrogen-bond donors (Lipinski definition) is 0. The SMILES string of the molecule is CCN(C)c1ccc(-c2cc(-c3ccc(N(C)CC)cc3)cc(-c3ccc(N(C)CC)cc3)c2)cc1.CN(C)c1ccc(-c2cc(-c3ccc(N(C)C)cc3)cc(-c3ccc(N(C)C)cc3)c2)cc1.c1ccc(CN(Cc2ccccc2)c2cccc(-c3cc(-c4cccc(N(Cc5ccccc5)Cc5ccccc5)c4)cc(-c4cccc(N(Cc5ccccc5)Cc5ccccc5)c4)c3)c2)cc1. The molecule has 0 spiro atoms. The van der Waals surface area contributed by atoms with Crippen LogP contribution in [0.2, 0.25) is 0 Å². The summed E-state index contributed by atoms with van der Waals surface area (Å²) in [5.74, 6) is 0. The van der Waals surface area contributed by atoms with Crippen LogP contribution in [0.4, 0.5) is 51.2 Å². The molecule has 0 heterocycles. The summed E-state index contributed by atoms with van der Waals surface area (Å²) >= 11 is 0. The highest BCUT2D eigenvalue weighted by Gasteiger charge is 2.20. The molecule has 0 aromatic heterocycles. The van der Waals surface area contributed by atoms with Crippen molar-refractivity contribution in [1.29, 1.82) is 0 Å². The molecule has 0 atom stereocenters. The van der Waals surface area contributed by atoms with Crippen LogP contribution in [0.15, 0.2) is 455 Å². The van der Waals surface area contributed by atoms with Crippen molar-refractivity contribution >= 4 is 51.2 Å². The van der Waals surface area contributed by atoms with E-state index in [-0.39, 0.29) is 0 Å². The normalized spacial score (nSPS) is 10.9. The first-order chi connectivity index (χ1) is 67.4. The molecule has 0 bridgehead atoms. The van der Waals surface area contributed by atoms with Crippen molar-refractivity contribution in [3.8, 4) is 100 Å². The van der Waals surface area contributed by atoms with Gasteiger partial charge in [-0.25, -0.2) is 0 Å². The predicted molar refractivity (Wildman–Crippen MR) is 596 cm³/mol. The first kappa shape index (κ1) is 95.3. The topological polar surface area (TPSA) is 29.2 Å². The summed E-state index contributed by atoms with van der Waals surface area (Å²) in [5, 5.41) is 0. The van der Waals surface area contributed by atoms with Crippen LogP contribution < -0.4 is 44.1 Å². The van der Waals surface area contributed by atoms with Gasteiger partial charge in [0.15, 0.2) is 0 Å². The molecule has 0 N–H and O–H groups in total. The number of rotatable bonds is 33. The van der Waals surface area contributed by atoms with Crippen LogP contribution in [0, 0.1) is 0 Å². The second-order valence-electron chi connectivity index (χ2n) is 36.5. The van der Waals surface area contributed by atoms with E-state index in [0.717, 1.165) is 58.9 Å². The van der Waals surface area contributed by atoms with Crippen molar-refractivity contribution in [3.05, 3.63) is 488 Å². The molecular formula is C129H129N9. The molecule has 0 aliphatic carbocycles. The molecule has 0 aliphatic heterocycles. The van der Waals surface area contributed by atoms with Gasteiger partial charge in [-0.05, 0) is 318 Å². The Morgan fingerprint density at radius 2 is 0.290 bits per heavy atom. The number of nitrogens with zero attached hydrogens (tertiary/aromatic N) is 9. The number of hydrogen-bond acceptors (Lipinski definition) is 9. The minimum Gasteiger partial charge on any atom is -0.378 e. The van der Waals surface area contributed by atoms with Gasteiger partial charge in [0.2, 0.25) is 0 Å². The van der Waals surface area contributed by atoms with Crippen LogP contribution in [-0.4, -0.2) is 83.1 Å². The Kier molecular flexibility index (Phi) is 32.1. The van der Waals surface area contributed by atoms with E-state index in [2.05, 4.69) is 583 Å². The van der Waals surface area contributed by atoms with Crippen LogP contribution in [-0.2, 0) is 39.3 Å². The van der Waals surface area contributed by atoms with Gasteiger partial charge in [0.25, 0.3) is 0 Å². The standard InChI is InChI=1S/C66H57N3.C33H39N3.C30H33N3/c1-7-22-52(23-8-1)46-67(47-53-24-9-2-10-25-53)64-37-19-34-58(43-64)61-40-62(59-35-20-38-65(44-59)68(48-54-26-11-3-12-27-54)49-55-28-13-4-14-29-55)42-63(41-61)60-36-21-39-66(45-60)69(50-56-30-15-5-16-31-56)51-57-32-17-6-18-33-57;1-7-34(4)31-16-10-25(11-17-31)28-22-29(26-12-18-32(19-13-26)35(5)8-2)24-30(23-28)27-14-20-33(21-15-27)36(6)9-3;1-31(2)28-13-7-22(8-14-28)25-19-26(23-9-15-29(16-10-23)32(3)4)21-27(20-25)24-11-17-30(18-12-24)33(5)6/h1-45H,46-51H2;10-24H,7-9H2,1-6H3;7-21H,1-6H3. The average molecular weight is 1810 g/mol. The summed E-state index contributed by atoms with van der Waals surface area (Å²) < 4.78 is 0. The molecule has 9 nitrogen and oxygen atoms in total. The van der Waals surface area contributed by atoms with Crippen LogP contribution in [0.5, 0.6) is 0 Å². The zero-order valence-electron chi connectivity index (χ0n) is 82.2. The minimum atomic E-state index is 0.801. The summed E-state index contributed by atoms with van der Waals surface area (Å²) in [6.07, 6.45) is 0. The van der Waals surface area contributed by atoms with Crippen LogP contribution in [0.25, 0.3) is 100 Å². The number of benzene rings is 18. The third kappa shape index (κ3) is 25.2. The Balaban J connectivity index is 0.000000167. The Morgan fingerprint density at radius 3 is 0.449 bits per heavy atom. The minimum absolute atomic E-state index is 0.801. The van der Waals surface area contributed by atoms with E-state index in [0.29, 0.717) is 0 Å². The van der Waals surface area contributed by atoms with E-state index in [1.807, 2.05) is 0 Å². The lowest BCUT2D eigenvalue weighted by molar-refractivity contribution is 0.800. The maximum atomic E-state index is 2.49. The highest BCUT2D eigenvalue weighted by Crippen LogP contribution is 2.42. The first-order valence-corrected chi connectivity index (χ1v) is 48.4. The zero-order valence-corrected chi connectivity index (χ0v) is 82.2. The Morgan fingerprint density at radius 1 is 0.130 bits per heavy atom. The molecular weight excluding hydrogens is 1680 g/mol. The third-order valence-electron chi connectivity index (χ3n) is 26.2. The lowest BCUT2D eigenvalue weighted by atomic mass is 9.92. The Labute approximate surface area is 821 Å². The van der Waals surface area contributed by atoms with Gasteiger partial charge in [0.1, 0.15) is 0 Å². The van der Waals surface area contributed by atoms with Gasteiger partial charge >= 0.3 is 0 Å². The smallest absolute Gasteiger partial charge is 0.0433 e. The molecule has 0 fully saturated rings. The van der Waals surface area contributed by atoms with E-state index < -0.39 is 0 Å². The van der Waals surface area contributed by atoms with Gasteiger partial charge in [-0.1, -0.05) is 291 Å². The Hall–Kier alpha value is -15.8. The van der Waals surface area contributed by atoms with Crippen LogP contribution in [0.3, 0.4) is 0 Å². The van der Waals surface area contributed by atoms with Crippen molar-refractivity contribution in [1.82, 2.24) is 0 Å². The van der Waals surface area contributed by atoms with Crippen molar-refractivity contribution in [2.75, 3.05) is 127 Å². The van der Waals surface area contributed by atoms with Crippen molar-refractivity contribution in [2.45, 2.75) is 60.0 Å². The molecule has 18 aromatic rings. The monoisotopic (exact) mass is 1800 g/mol. The Bertz CT molecular complexity index is 6040. The van der Waals surface area contributed by atoms with Gasteiger partial charge < -0.3 is 44.1 Å². The second kappa shape index (κ2) is 46.4. The second-order valence-corrected chi connectivity index (χ2v) is 36.5. The predicted octanol–water partition coefficient (Wildman–Crippen LogP) is 31.2. The zero-order chi connectivity index (χ0) is 95.6. The van der Waals surface area contributed by atoms with Gasteiger partial charge in [0, 0.05) is 174 Å². The summed E-state index contributed by atoms with van der Waals surface area (Å²) in [6.45, 7) is 14.3. The molecule has 0 saturated heterocycles. The fraction of sp³-hybridized carbons (Fsp3) is 0.163. The van der Waals surface area contributed by atoms with Gasteiger partial charge in [-0.15, -0.1) is 0 Å². The summed E-state index contributed by atoms with van der Waals surface area (Å²) in [5.41, 5.74) is 40.4. The molecule has 0 unspecified atom stereocenters. The molecule has 0 aliphatic rings. The van der Waals surface area contributed by atoms with Gasteiger partial charge in [0.05, 0.1) is 0 Å². The maximum Gasteiger partial charge on any atom is 0.0433 e. The average Bonchev–Trinajstić information content (AvgIpc) is 0.800. The van der Waals surface area contributed by atoms with E-state index in [1.165, 1.54) is 185 Å².